The fraction of sp³-hybridized carbons (Fsp3) is 0.238. The molecule has 1 aromatic heterocycles. The number of nitrogens with two attached hydrogens (primary N) is 1. The molecule has 0 unspecified atom stereocenters. The van der Waals surface area contributed by atoms with E-state index in [0.717, 1.165) is 41.8 Å². The van der Waals surface area contributed by atoms with Crippen molar-refractivity contribution in [3.63, 3.8) is 0 Å². The second-order valence-electron chi connectivity index (χ2n) is 6.57. The van der Waals surface area contributed by atoms with Gasteiger partial charge in [0.15, 0.2) is 0 Å². The van der Waals surface area contributed by atoms with Crippen LogP contribution >= 0.6 is 0 Å². The summed E-state index contributed by atoms with van der Waals surface area (Å²) >= 11 is 0. The Kier molecular flexibility index (Phi) is 3.88. The lowest BCUT2D eigenvalue weighted by Crippen LogP contribution is -2.26. The molecule has 0 saturated carbocycles. The Morgan fingerprint density at radius 1 is 1.28 bits per heavy atom. The van der Waals surface area contributed by atoms with Crippen molar-refractivity contribution in [2.24, 2.45) is 5.73 Å². The molecular formula is C21H20N3O. The highest BCUT2D eigenvalue weighted by molar-refractivity contribution is 6.10. The zero-order chi connectivity index (χ0) is 17.4. The van der Waals surface area contributed by atoms with Crippen molar-refractivity contribution in [1.82, 2.24) is 4.98 Å². The first-order valence-corrected chi connectivity index (χ1v) is 8.55. The molecule has 2 N–H and O–H groups in total. The van der Waals surface area contributed by atoms with Gasteiger partial charge in [-0.15, -0.1) is 0 Å². The average Bonchev–Trinajstić information content (AvgIpc) is 3.10. The Hall–Kier alpha value is -2.88. The predicted molar refractivity (Wildman–Crippen MR) is 99.8 cm³/mol. The van der Waals surface area contributed by atoms with Gasteiger partial charge in [-0.2, -0.15) is 0 Å². The number of amides is 1. The number of benzene rings is 2. The minimum Gasteiger partial charge on any atom is -0.369 e. The molecule has 0 bridgehead atoms. The van der Waals surface area contributed by atoms with Gasteiger partial charge in [0.25, 0.3) is 5.91 Å². The van der Waals surface area contributed by atoms with Gasteiger partial charge in [0, 0.05) is 24.4 Å². The number of carbonyl (C=O) groups excluding carboxylic acids is 1. The summed E-state index contributed by atoms with van der Waals surface area (Å²) < 4.78 is 0. The number of hydrogen-bond acceptors (Lipinski definition) is 3. The van der Waals surface area contributed by atoms with E-state index in [0.29, 0.717) is 11.5 Å². The van der Waals surface area contributed by atoms with Gasteiger partial charge in [-0.05, 0) is 37.1 Å². The van der Waals surface area contributed by atoms with Crippen LogP contribution in [0.5, 0.6) is 0 Å². The fourth-order valence-corrected chi connectivity index (χ4v) is 3.86. The van der Waals surface area contributed by atoms with E-state index < -0.39 is 5.91 Å². The van der Waals surface area contributed by atoms with Crippen LogP contribution in [-0.2, 0) is 0 Å². The minimum absolute atomic E-state index is 0.409. The molecule has 1 aliphatic rings. The van der Waals surface area contributed by atoms with Gasteiger partial charge in [0.2, 0.25) is 0 Å². The van der Waals surface area contributed by atoms with Gasteiger partial charge in [0.05, 0.1) is 22.5 Å². The molecule has 2 aromatic carbocycles. The van der Waals surface area contributed by atoms with Crippen LogP contribution in [0, 0.1) is 13.0 Å². The van der Waals surface area contributed by atoms with Crippen molar-refractivity contribution >= 4 is 22.5 Å². The van der Waals surface area contributed by atoms with Crippen molar-refractivity contribution in [1.29, 1.82) is 0 Å². The number of nitrogens with zero attached hydrogens (tertiary/aromatic N) is 2. The van der Waals surface area contributed by atoms with Crippen LogP contribution in [-0.4, -0.2) is 24.0 Å². The lowest BCUT2D eigenvalue weighted by Gasteiger charge is -2.24. The van der Waals surface area contributed by atoms with Crippen molar-refractivity contribution < 1.29 is 4.79 Å². The van der Waals surface area contributed by atoms with E-state index in [-0.39, 0.29) is 0 Å². The summed E-state index contributed by atoms with van der Waals surface area (Å²) in [6.45, 7) is 3.72. The molecule has 1 radical (unpaired) electrons. The number of rotatable bonds is 3. The molecule has 1 atom stereocenters. The first kappa shape index (κ1) is 15.6. The lowest BCUT2D eigenvalue weighted by molar-refractivity contribution is 0.100. The SMILES string of the molecule is Cc1nc2cc[c]cc2c(C(N)=O)c1N1CC[C@@H](c2ccccc2)C1. The summed E-state index contributed by atoms with van der Waals surface area (Å²) in [4.78, 5) is 19.2. The van der Waals surface area contributed by atoms with Crippen LogP contribution in [0.4, 0.5) is 5.69 Å². The summed E-state index contributed by atoms with van der Waals surface area (Å²) in [6, 6.07) is 19.0. The van der Waals surface area contributed by atoms with Gasteiger partial charge < -0.3 is 10.6 Å². The first-order valence-electron chi connectivity index (χ1n) is 8.55. The maximum absolute atomic E-state index is 12.3. The molecule has 125 valence electrons. The summed E-state index contributed by atoms with van der Waals surface area (Å²) in [5.74, 6) is 0.0487. The Balaban J connectivity index is 1.78. The van der Waals surface area contributed by atoms with Gasteiger partial charge in [-0.3, -0.25) is 9.78 Å². The van der Waals surface area contributed by atoms with Crippen LogP contribution in [0.25, 0.3) is 10.9 Å². The Labute approximate surface area is 147 Å². The predicted octanol–water partition coefficient (Wildman–Crippen LogP) is 3.44. The third-order valence-corrected chi connectivity index (χ3v) is 5.00. The average molecular weight is 330 g/mol. The largest absolute Gasteiger partial charge is 0.369 e. The van der Waals surface area contributed by atoms with Crippen LogP contribution in [0.15, 0.2) is 48.5 Å². The van der Waals surface area contributed by atoms with E-state index in [9.17, 15) is 4.79 Å². The van der Waals surface area contributed by atoms with Crippen LogP contribution in [0.2, 0.25) is 0 Å². The number of fused-ring (bicyclic) bond motifs is 1. The number of carbonyl (C=O) groups is 1. The van der Waals surface area contributed by atoms with Crippen molar-refractivity contribution in [2.45, 2.75) is 19.3 Å². The molecule has 4 heteroatoms. The number of aryl methyl sites for hydroxylation is 1. The number of primary amides is 1. The van der Waals surface area contributed by atoms with E-state index in [1.54, 1.807) is 12.1 Å². The quantitative estimate of drug-likeness (QED) is 0.800. The third kappa shape index (κ3) is 2.74. The van der Waals surface area contributed by atoms with Crippen LogP contribution in [0.3, 0.4) is 0 Å². The molecule has 25 heavy (non-hydrogen) atoms. The van der Waals surface area contributed by atoms with Crippen molar-refractivity contribution in [3.8, 4) is 0 Å². The standard InChI is InChI=1S/C21H20N3O/c1-14-20(19(21(22)25)17-9-5-6-10-18(17)23-14)24-12-11-16(13-24)15-7-3-2-4-8-15/h2-4,6-10,16H,11-13H2,1H3,(H2,22,25)/t16-/m1/s1. The molecule has 1 fully saturated rings. The van der Waals surface area contributed by atoms with E-state index in [1.165, 1.54) is 5.56 Å². The summed E-state index contributed by atoms with van der Waals surface area (Å²) in [6.07, 6.45) is 1.06. The Bertz CT molecular complexity index is 937. The van der Waals surface area contributed by atoms with E-state index >= 15 is 0 Å². The van der Waals surface area contributed by atoms with Crippen molar-refractivity contribution in [3.05, 3.63) is 71.4 Å². The number of pyridine rings is 1. The molecule has 1 amide bonds. The molecule has 4 nitrogen and oxygen atoms in total. The van der Waals surface area contributed by atoms with Gasteiger partial charge in [-0.25, -0.2) is 0 Å². The normalized spacial score (nSPS) is 17.2. The molecule has 4 rings (SSSR count). The van der Waals surface area contributed by atoms with Gasteiger partial charge in [0.1, 0.15) is 0 Å². The molecule has 1 saturated heterocycles. The lowest BCUT2D eigenvalue weighted by atomic mass is 9.98. The van der Waals surface area contributed by atoms with E-state index in [4.69, 9.17) is 10.7 Å². The maximum Gasteiger partial charge on any atom is 0.251 e. The third-order valence-electron chi connectivity index (χ3n) is 5.00. The maximum atomic E-state index is 12.3. The Morgan fingerprint density at radius 2 is 2.08 bits per heavy atom. The second-order valence-corrected chi connectivity index (χ2v) is 6.57. The molecule has 3 aromatic rings. The number of aromatic nitrogens is 1. The second kappa shape index (κ2) is 6.20. The topological polar surface area (TPSA) is 59.2 Å². The van der Waals surface area contributed by atoms with Gasteiger partial charge >= 0.3 is 0 Å². The molecule has 2 heterocycles. The Morgan fingerprint density at radius 3 is 2.84 bits per heavy atom. The van der Waals surface area contributed by atoms with E-state index in [2.05, 4.69) is 35.2 Å². The number of anilines is 1. The summed E-state index contributed by atoms with van der Waals surface area (Å²) in [7, 11) is 0. The monoisotopic (exact) mass is 330 g/mol. The smallest absolute Gasteiger partial charge is 0.251 e. The van der Waals surface area contributed by atoms with E-state index in [1.807, 2.05) is 19.1 Å². The highest BCUT2D eigenvalue weighted by atomic mass is 16.1. The van der Waals surface area contributed by atoms with Crippen molar-refractivity contribution in [2.75, 3.05) is 18.0 Å². The molecular weight excluding hydrogens is 310 g/mol. The molecule has 1 aliphatic heterocycles. The first-order chi connectivity index (χ1) is 12.1. The fourth-order valence-electron chi connectivity index (χ4n) is 3.86. The zero-order valence-electron chi connectivity index (χ0n) is 14.2. The van der Waals surface area contributed by atoms with Gasteiger partial charge in [-0.1, -0.05) is 36.4 Å². The molecule has 0 spiro atoms. The minimum atomic E-state index is -0.409. The number of hydrogen-bond donors (Lipinski definition) is 1. The highest BCUT2D eigenvalue weighted by Crippen LogP contribution is 2.36. The van der Waals surface area contributed by atoms with Crippen LogP contribution < -0.4 is 10.6 Å². The molecule has 0 aliphatic carbocycles. The highest BCUT2D eigenvalue weighted by Gasteiger charge is 2.29. The zero-order valence-corrected chi connectivity index (χ0v) is 14.2. The summed E-state index contributed by atoms with van der Waals surface area (Å²) in [5.41, 5.74) is 10.2. The summed E-state index contributed by atoms with van der Waals surface area (Å²) in [5, 5.41) is 0.777. The van der Waals surface area contributed by atoms with Crippen LogP contribution in [0.1, 0.15) is 34.0 Å².